The summed E-state index contributed by atoms with van der Waals surface area (Å²) in [6, 6.07) is 5.09. The summed E-state index contributed by atoms with van der Waals surface area (Å²) in [7, 11) is 0. The summed E-state index contributed by atoms with van der Waals surface area (Å²) in [4.78, 5) is 4.54. The number of alkyl halides is 3. The van der Waals surface area contributed by atoms with Gasteiger partial charge in [-0.2, -0.15) is 23.3 Å². The summed E-state index contributed by atoms with van der Waals surface area (Å²) < 4.78 is 46.3. The topological polar surface area (TPSA) is 52.0 Å². The van der Waals surface area contributed by atoms with E-state index in [2.05, 4.69) is 15.4 Å². The van der Waals surface area contributed by atoms with Crippen molar-refractivity contribution >= 4 is 0 Å². The Morgan fingerprint density at radius 3 is 2.57 bits per heavy atom. The molecule has 1 unspecified atom stereocenters. The number of nitrogens with zero attached hydrogens (tertiary/aromatic N) is 3. The maximum atomic E-state index is 13.0. The number of nitrogens with one attached hydrogen (secondary N) is 1. The second-order valence-electron chi connectivity index (χ2n) is 8.10. The Balaban J connectivity index is 1.56. The normalized spacial score (nSPS) is 24.7. The van der Waals surface area contributed by atoms with Gasteiger partial charge in [0.25, 0.3) is 0 Å². The molecule has 2 bridgehead atoms. The maximum Gasteiger partial charge on any atom is 0.416 e. The molecule has 2 aromatic rings. The lowest BCUT2D eigenvalue weighted by Gasteiger charge is -2.29. The highest BCUT2D eigenvalue weighted by molar-refractivity contribution is 5.32. The Bertz CT molecular complexity index is 817. The fraction of sp³-hybridized carbons (Fsp3) is 0.600. The Morgan fingerprint density at radius 1 is 1.21 bits per heavy atom. The quantitative estimate of drug-likeness (QED) is 0.814. The number of fused-ring (bicyclic) bond motifs is 2. The smallest absolute Gasteiger partial charge is 0.416 e. The molecule has 28 heavy (non-hydrogen) atoms. The van der Waals surface area contributed by atoms with E-state index in [0.717, 1.165) is 31.6 Å². The Kier molecular flexibility index (Phi) is 5.07. The fourth-order valence-corrected chi connectivity index (χ4v) is 4.43. The fourth-order valence-electron chi connectivity index (χ4n) is 4.43. The molecule has 152 valence electrons. The van der Waals surface area contributed by atoms with Gasteiger partial charge in [0.1, 0.15) is 5.75 Å². The lowest BCUT2D eigenvalue weighted by molar-refractivity contribution is -0.137. The number of hydrogen-bond donors (Lipinski definition) is 1. The molecule has 1 aromatic carbocycles. The van der Waals surface area contributed by atoms with E-state index in [9.17, 15) is 13.2 Å². The molecular formula is C20H25F3N4O. The highest BCUT2D eigenvalue weighted by Crippen LogP contribution is 2.41. The van der Waals surface area contributed by atoms with Gasteiger partial charge in [-0.25, -0.2) is 4.68 Å². The first-order chi connectivity index (χ1) is 13.3. The van der Waals surface area contributed by atoms with Crippen LogP contribution in [0.2, 0.25) is 0 Å². The molecule has 1 aromatic heterocycles. The van der Waals surface area contributed by atoms with Crippen molar-refractivity contribution in [1.29, 1.82) is 0 Å². The number of aromatic nitrogens is 3. The van der Waals surface area contributed by atoms with Crippen LogP contribution >= 0.6 is 0 Å². The molecule has 1 saturated carbocycles. The van der Waals surface area contributed by atoms with Crippen LogP contribution < -0.4 is 10.1 Å². The predicted octanol–water partition coefficient (Wildman–Crippen LogP) is 4.46. The number of rotatable bonds is 5. The Labute approximate surface area is 162 Å². The summed E-state index contributed by atoms with van der Waals surface area (Å²) in [5.41, 5.74) is -0.743. The van der Waals surface area contributed by atoms with Crippen molar-refractivity contribution < 1.29 is 17.9 Å². The first-order valence-corrected chi connectivity index (χ1v) is 9.82. The lowest BCUT2D eigenvalue weighted by atomic mass is 9.83. The van der Waals surface area contributed by atoms with Gasteiger partial charge in [-0.1, -0.05) is 6.07 Å². The van der Waals surface area contributed by atoms with Crippen LogP contribution in [0.15, 0.2) is 24.3 Å². The van der Waals surface area contributed by atoms with Gasteiger partial charge >= 0.3 is 12.2 Å². The van der Waals surface area contributed by atoms with Gasteiger partial charge in [0.2, 0.25) is 0 Å². The van der Waals surface area contributed by atoms with Crippen molar-refractivity contribution in [2.75, 3.05) is 13.1 Å². The molecule has 2 heterocycles. The summed E-state index contributed by atoms with van der Waals surface area (Å²) >= 11 is 0. The highest BCUT2D eigenvalue weighted by Gasteiger charge is 2.39. The summed E-state index contributed by atoms with van der Waals surface area (Å²) in [5.74, 6) is 2.68. The molecular weight excluding hydrogens is 369 g/mol. The molecule has 1 saturated heterocycles. The first-order valence-electron chi connectivity index (χ1n) is 9.82. The van der Waals surface area contributed by atoms with Crippen molar-refractivity contribution in [1.82, 2.24) is 20.1 Å². The Hall–Kier alpha value is -2.09. The molecule has 0 amide bonds. The van der Waals surface area contributed by atoms with Gasteiger partial charge in [-0.05, 0) is 75.7 Å². The van der Waals surface area contributed by atoms with Crippen molar-refractivity contribution in [2.24, 2.45) is 17.8 Å². The van der Waals surface area contributed by atoms with E-state index in [1.165, 1.54) is 25.0 Å². The third-order valence-corrected chi connectivity index (χ3v) is 5.85. The van der Waals surface area contributed by atoms with Crippen LogP contribution in [0.3, 0.4) is 0 Å². The van der Waals surface area contributed by atoms with E-state index in [0.29, 0.717) is 23.6 Å². The second kappa shape index (κ2) is 7.39. The van der Waals surface area contributed by atoms with E-state index in [-0.39, 0.29) is 17.8 Å². The molecule has 8 heteroatoms. The third kappa shape index (κ3) is 3.87. The van der Waals surface area contributed by atoms with Gasteiger partial charge in [0.05, 0.1) is 11.6 Å². The van der Waals surface area contributed by atoms with Crippen LogP contribution in [0.5, 0.6) is 11.8 Å². The minimum absolute atomic E-state index is 0.00760. The van der Waals surface area contributed by atoms with Crippen molar-refractivity contribution in [3.05, 3.63) is 35.7 Å². The number of halogens is 3. The zero-order chi connectivity index (χ0) is 19.9. The van der Waals surface area contributed by atoms with Gasteiger partial charge < -0.3 is 10.1 Å². The van der Waals surface area contributed by atoms with Crippen LogP contribution in [0, 0.1) is 17.8 Å². The average molecular weight is 394 g/mol. The molecule has 2 aliphatic rings. The van der Waals surface area contributed by atoms with E-state index in [1.54, 1.807) is 4.68 Å². The van der Waals surface area contributed by atoms with E-state index in [1.807, 2.05) is 13.8 Å². The number of benzene rings is 1. The molecule has 3 atom stereocenters. The van der Waals surface area contributed by atoms with Gasteiger partial charge in [0, 0.05) is 6.42 Å². The monoisotopic (exact) mass is 394 g/mol. The number of ether oxygens (including phenoxy) is 1. The van der Waals surface area contributed by atoms with Crippen LogP contribution in [0.25, 0.3) is 0 Å². The van der Waals surface area contributed by atoms with Crippen LogP contribution in [0.4, 0.5) is 13.2 Å². The Morgan fingerprint density at radius 2 is 1.93 bits per heavy atom. The van der Waals surface area contributed by atoms with Crippen LogP contribution in [0.1, 0.15) is 44.1 Å². The zero-order valence-electron chi connectivity index (χ0n) is 16.0. The first kappa shape index (κ1) is 19.2. The molecule has 4 rings (SSSR count). The molecule has 1 aliphatic carbocycles. The average Bonchev–Trinajstić information content (AvgIpc) is 3.11. The minimum atomic E-state index is -4.41. The highest BCUT2D eigenvalue weighted by atomic mass is 19.4. The SMILES string of the molecule is CC(C)n1nc(CC2[C@@H]3CC[C@H]2CNC3)nc1Oc1cccc(C(F)(F)F)c1. The zero-order valence-corrected chi connectivity index (χ0v) is 16.0. The van der Waals surface area contributed by atoms with Gasteiger partial charge in [0.15, 0.2) is 5.82 Å². The van der Waals surface area contributed by atoms with E-state index in [4.69, 9.17) is 4.74 Å². The van der Waals surface area contributed by atoms with Crippen molar-refractivity contribution in [3.63, 3.8) is 0 Å². The number of piperidine rings is 1. The third-order valence-electron chi connectivity index (χ3n) is 5.85. The maximum absolute atomic E-state index is 13.0. The lowest BCUT2D eigenvalue weighted by Crippen LogP contribution is -2.39. The largest absolute Gasteiger partial charge is 0.424 e. The molecule has 0 spiro atoms. The van der Waals surface area contributed by atoms with Gasteiger partial charge in [-0.15, -0.1) is 0 Å². The number of hydrogen-bond acceptors (Lipinski definition) is 4. The molecule has 1 aliphatic heterocycles. The van der Waals surface area contributed by atoms with E-state index >= 15 is 0 Å². The standard InChI is InChI=1S/C20H25F3N4O/c1-12(2)27-19(28-16-5-3-4-15(8-16)20(21,22)23)25-18(26-27)9-17-13-6-7-14(17)11-24-10-13/h3-5,8,12-14,17,24H,6-7,9-11H2,1-2H3/t13-,14+,17?. The summed E-state index contributed by atoms with van der Waals surface area (Å²) in [6.45, 7) is 5.98. The molecule has 5 nitrogen and oxygen atoms in total. The molecule has 2 fully saturated rings. The summed E-state index contributed by atoms with van der Waals surface area (Å²) in [6.07, 6.45) is -1.15. The molecule has 1 N–H and O–H groups in total. The van der Waals surface area contributed by atoms with Crippen molar-refractivity contribution in [2.45, 2.75) is 45.3 Å². The minimum Gasteiger partial charge on any atom is -0.424 e. The predicted molar refractivity (Wildman–Crippen MR) is 98.2 cm³/mol. The van der Waals surface area contributed by atoms with Crippen molar-refractivity contribution in [3.8, 4) is 11.8 Å². The van der Waals surface area contributed by atoms with Crippen LogP contribution in [-0.4, -0.2) is 27.9 Å². The van der Waals surface area contributed by atoms with Crippen LogP contribution in [-0.2, 0) is 12.6 Å². The van der Waals surface area contributed by atoms with E-state index < -0.39 is 11.7 Å². The summed E-state index contributed by atoms with van der Waals surface area (Å²) in [5, 5.41) is 8.09. The molecule has 0 radical (unpaired) electrons. The second-order valence-corrected chi connectivity index (χ2v) is 8.10. The van der Waals surface area contributed by atoms with Gasteiger partial charge in [-0.3, -0.25) is 0 Å².